The molecular formula is C14H15F2NO2. The minimum absolute atomic E-state index is 0.0393. The zero-order valence-corrected chi connectivity index (χ0v) is 10.5. The van der Waals surface area contributed by atoms with Crippen LogP contribution >= 0.6 is 0 Å². The van der Waals surface area contributed by atoms with Crippen LogP contribution in [0.25, 0.3) is 0 Å². The summed E-state index contributed by atoms with van der Waals surface area (Å²) in [6, 6.07) is 7.14. The second kappa shape index (κ2) is 5.95. The summed E-state index contributed by atoms with van der Waals surface area (Å²) in [5, 5.41) is 12.7. The van der Waals surface area contributed by atoms with Crippen molar-refractivity contribution in [2.45, 2.75) is 19.6 Å². The lowest BCUT2D eigenvalue weighted by Crippen LogP contribution is -2.22. The average Bonchev–Trinajstić information content (AvgIpc) is 2.75. The van der Waals surface area contributed by atoms with E-state index in [-0.39, 0.29) is 12.1 Å². The van der Waals surface area contributed by atoms with Gasteiger partial charge in [0.05, 0.1) is 18.2 Å². The number of aliphatic hydroxyl groups is 1. The first-order valence-corrected chi connectivity index (χ1v) is 5.96. The van der Waals surface area contributed by atoms with Crippen LogP contribution in [0.15, 0.2) is 34.7 Å². The molecule has 1 heterocycles. The molecule has 2 aromatic rings. The molecule has 0 aliphatic rings. The zero-order valence-electron chi connectivity index (χ0n) is 10.5. The fraction of sp³-hybridized carbons (Fsp3) is 0.286. The first kappa shape index (κ1) is 13.7. The van der Waals surface area contributed by atoms with E-state index in [2.05, 4.69) is 5.32 Å². The summed E-state index contributed by atoms with van der Waals surface area (Å²) in [6.07, 6.45) is -1.24. The summed E-state index contributed by atoms with van der Waals surface area (Å²) in [4.78, 5) is 0. The van der Waals surface area contributed by atoms with Gasteiger partial charge in [0.1, 0.15) is 23.2 Å². The standard InChI is InChI=1S/C14H15F2NO2/c1-9-5-6-10(19-9)7-17-8-13(18)14-11(15)3-2-4-12(14)16/h2-6,13,17-18H,7-8H2,1H3. The maximum absolute atomic E-state index is 13.4. The van der Waals surface area contributed by atoms with Gasteiger partial charge in [0.25, 0.3) is 0 Å². The average molecular weight is 267 g/mol. The Morgan fingerprint density at radius 1 is 1.21 bits per heavy atom. The predicted octanol–water partition coefficient (Wildman–Crippen LogP) is 2.69. The van der Waals surface area contributed by atoms with E-state index in [1.54, 1.807) is 6.07 Å². The highest BCUT2D eigenvalue weighted by Gasteiger charge is 2.17. The Morgan fingerprint density at radius 3 is 2.47 bits per heavy atom. The molecule has 2 rings (SSSR count). The largest absolute Gasteiger partial charge is 0.465 e. The maximum atomic E-state index is 13.4. The quantitative estimate of drug-likeness (QED) is 0.875. The van der Waals surface area contributed by atoms with Crippen molar-refractivity contribution < 1.29 is 18.3 Å². The van der Waals surface area contributed by atoms with Crippen LogP contribution < -0.4 is 5.32 Å². The summed E-state index contributed by atoms with van der Waals surface area (Å²) >= 11 is 0. The Kier molecular flexibility index (Phi) is 4.29. The molecule has 3 nitrogen and oxygen atoms in total. The molecule has 0 spiro atoms. The second-order valence-electron chi connectivity index (χ2n) is 4.29. The monoisotopic (exact) mass is 267 g/mol. The fourth-order valence-corrected chi connectivity index (χ4v) is 1.84. The van der Waals surface area contributed by atoms with Crippen molar-refractivity contribution in [2.24, 2.45) is 0 Å². The molecule has 102 valence electrons. The van der Waals surface area contributed by atoms with Gasteiger partial charge in [-0.2, -0.15) is 0 Å². The molecule has 0 bridgehead atoms. The van der Waals surface area contributed by atoms with Gasteiger partial charge in [-0.15, -0.1) is 0 Å². The third-order valence-electron chi connectivity index (χ3n) is 2.77. The van der Waals surface area contributed by atoms with Crippen molar-refractivity contribution in [1.82, 2.24) is 5.32 Å². The number of nitrogens with one attached hydrogen (secondary N) is 1. The van der Waals surface area contributed by atoms with Crippen LogP contribution in [0.1, 0.15) is 23.2 Å². The van der Waals surface area contributed by atoms with Gasteiger partial charge < -0.3 is 14.8 Å². The van der Waals surface area contributed by atoms with Gasteiger partial charge in [-0.1, -0.05) is 6.07 Å². The minimum atomic E-state index is -1.24. The van der Waals surface area contributed by atoms with Crippen LogP contribution in [0.5, 0.6) is 0 Å². The molecule has 0 aliphatic heterocycles. The van der Waals surface area contributed by atoms with Gasteiger partial charge in [-0.25, -0.2) is 8.78 Å². The zero-order chi connectivity index (χ0) is 13.8. The second-order valence-corrected chi connectivity index (χ2v) is 4.29. The number of aryl methyl sites for hydroxylation is 1. The van der Waals surface area contributed by atoms with Gasteiger partial charge in [-0.05, 0) is 31.2 Å². The van der Waals surface area contributed by atoms with Crippen molar-refractivity contribution >= 4 is 0 Å². The number of rotatable bonds is 5. The normalized spacial score (nSPS) is 12.6. The number of aliphatic hydroxyl groups excluding tert-OH is 1. The topological polar surface area (TPSA) is 45.4 Å². The first-order valence-electron chi connectivity index (χ1n) is 5.96. The molecule has 1 unspecified atom stereocenters. The van der Waals surface area contributed by atoms with E-state index in [1.165, 1.54) is 6.07 Å². The highest BCUT2D eigenvalue weighted by molar-refractivity contribution is 5.22. The van der Waals surface area contributed by atoms with Gasteiger partial charge in [0, 0.05) is 6.54 Å². The molecule has 0 saturated carbocycles. The van der Waals surface area contributed by atoms with Crippen molar-refractivity contribution in [3.05, 3.63) is 59.1 Å². The first-order chi connectivity index (χ1) is 9.08. The van der Waals surface area contributed by atoms with Crippen LogP contribution in [0, 0.1) is 18.6 Å². The van der Waals surface area contributed by atoms with Crippen LogP contribution in [0.4, 0.5) is 8.78 Å². The Balaban J connectivity index is 1.92. The summed E-state index contributed by atoms with van der Waals surface area (Å²) < 4.78 is 32.1. The lowest BCUT2D eigenvalue weighted by atomic mass is 10.1. The molecule has 0 amide bonds. The van der Waals surface area contributed by atoms with Crippen LogP contribution in [0.3, 0.4) is 0 Å². The third kappa shape index (κ3) is 3.39. The highest BCUT2D eigenvalue weighted by Crippen LogP contribution is 2.20. The van der Waals surface area contributed by atoms with Crippen LogP contribution in [-0.2, 0) is 6.54 Å². The Hall–Kier alpha value is -1.72. The highest BCUT2D eigenvalue weighted by atomic mass is 19.1. The minimum Gasteiger partial charge on any atom is -0.465 e. The Labute approximate surface area is 109 Å². The van der Waals surface area contributed by atoms with Crippen molar-refractivity contribution in [3.8, 4) is 0 Å². The predicted molar refractivity (Wildman–Crippen MR) is 66.5 cm³/mol. The van der Waals surface area contributed by atoms with E-state index in [4.69, 9.17) is 4.42 Å². The van der Waals surface area contributed by atoms with Gasteiger partial charge in [0.2, 0.25) is 0 Å². The molecule has 5 heteroatoms. The van der Waals surface area contributed by atoms with Crippen LogP contribution in [0.2, 0.25) is 0 Å². The molecule has 1 aromatic carbocycles. The molecular weight excluding hydrogens is 252 g/mol. The van der Waals surface area contributed by atoms with E-state index < -0.39 is 17.7 Å². The number of benzene rings is 1. The van der Waals surface area contributed by atoms with Crippen molar-refractivity contribution in [3.63, 3.8) is 0 Å². The third-order valence-corrected chi connectivity index (χ3v) is 2.77. The fourth-order valence-electron chi connectivity index (χ4n) is 1.84. The van der Waals surface area contributed by atoms with Crippen LogP contribution in [-0.4, -0.2) is 11.7 Å². The van der Waals surface area contributed by atoms with Crippen molar-refractivity contribution in [1.29, 1.82) is 0 Å². The molecule has 19 heavy (non-hydrogen) atoms. The molecule has 0 aliphatic carbocycles. The Bertz CT molecular complexity index is 534. The summed E-state index contributed by atoms with van der Waals surface area (Å²) in [5.41, 5.74) is -0.314. The SMILES string of the molecule is Cc1ccc(CNCC(O)c2c(F)cccc2F)o1. The number of hydrogen-bond acceptors (Lipinski definition) is 3. The number of hydrogen-bond donors (Lipinski definition) is 2. The molecule has 1 aromatic heterocycles. The molecule has 0 saturated heterocycles. The summed E-state index contributed by atoms with van der Waals surface area (Å²) in [6.45, 7) is 2.26. The molecule has 0 fully saturated rings. The van der Waals surface area contributed by atoms with E-state index in [1.807, 2.05) is 13.0 Å². The number of halogens is 2. The molecule has 0 radical (unpaired) electrons. The number of furan rings is 1. The van der Waals surface area contributed by atoms with E-state index in [9.17, 15) is 13.9 Å². The molecule has 2 N–H and O–H groups in total. The smallest absolute Gasteiger partial charge is 0.131 e. The lowest BCUT2D eigenvalue weighted by Gasteiger charge is -2.13. The van der Waals surface area contributed by atoms with E-state index in [0.29, 0.717) is 12.3 Å². The van der Waals surface area contributed by atoms with E-state index >= 15 is 0 Å². The van der Waals surface area contributed by atoms with Crippen molar-refractivity contribution in [2.75, 3.05) is 6.54 Å². The summed E-state index contributed by atoms with van der Waals surface area (Å²) in [5.74, 6) is 0.00230. The Morgan fingerprint density at radius 2 is 1.89 bits per heavy atom. The van der Waals surface area contributed by atoms with Gasteiger partial charge in [-0.3, -0.25) is 0 Å². The molecule has 1 atom stereocenters. The van der Waals surface area contributed by atoms with Gasteiger partial charge >= 0.3 is 0 Å². The maximum Gasteiger partial charge on any atom is 0.131 e. The van der Waals surface area contributed by atoms with Gasteiger partial charge in [0.15, 0.2) is 0 Å². The van der Waals surface area contributed by atoms with E-state index in [0.717, 1.165) is 17.9 Å². The lowest BCUT2D eigenvalue weighted by molar-refractivity contribution is 0.164. The summed E-state index contributed by atoms with van der Waals surface area (Å²) in [7, 11) is 0.